The molecule has 9 heteroatoms. The molecular formula is C13H19N5O4. The van der Waals surface area contributed by atoms with E-state index in [1.807, 2.05) is 0 Å². The minimum atomic E-state index is -0.346. The summed E-state index contributed by atoms with van der Waals surface area (Å²) in [5.41, 5.74) is 0. The maximum Gasteiger partial charge on any atom is 0.227 e. The second-order valence-electron chi connectivity index (χ2n) is 5.13. The van der Waals surface area contributed by atoms with Gasteiger partial charge in [-0.2, -0.15) is 0 Å². The molecule has 0 bridgehead atoms. The Morgan fingerprint density at radius 1 is 1.18 bits per heavy atom. The molecule has 1 fully saturated rings. The van der Waals surface area contributed by atoms with Gasteiger partial charge in [0.05, 0.1) is 0 Å². The van der Waals surface area contributed by atoms with Crippen LogP contribution in [0.5, 0.6) is 0 Å². The topological polar surface area (TPSA) is 117 Å². The molecule has 22 heavy (non-hydrogen) atoms. The number of carbonyl (C=O) groups excluding carboxylic acids is 3. The molecule has 0 radical (unpaired) electrons. The molecular weight excluding hydrogens is 290 g/mol. The molecule has 0 unspecified atom stereocenters. The molecule has 1 aliphatic heterocycles. The zero-order valence-corrected chi connectivity index (χ0v) is 12.4. The summed E-state index contributed by atoms with van der Waals surface area (Å²) in [6.45, 7) is 2.37. The number of carbonyl (C=O) groups is 3. The Kier molecular flexibility index (Phi) is 5.45. The minimum Gasteiger partial charge on any atom is -0.342 e. The highest BCUT2D eigenvalue weighted by Gasteiger charge is 2.19. The lowest BCUT2D eigenvalue weighted by Gasteiger charge is -2.19. The fourth-order valence-electron chi connectivity index (χ4n) is 2.23. The predicted molar refractivity (Wildman–Crippen MR) is 76.9 cm³/mol. The van der Waals surface area contributed by atoms with Gasteiger partial charge in [0.25, 0.3) is 0 Å². The van der Waals surface area contributed by atoms with Crippen LogP contribution in [0.3, 0.4) is 0 Å². The summed E-state index contributed by atoms with van der Waals surface area (Å²) in [5, 5.41) is 11.9. The van der Waals surface area contributed by atoms with Crippen LogP contribution in [0, 0.1) is 0 Å². The second kappa shape index (κ2) is 7.53. The Balaban J connectivity index is 1.84. The average Bonchev–Trinajstić information content (AvgIpc) is 2.76. The summed E-state index contributed by atoms with van der Waals surface area (Å²) in [6.07, 6.45) is 3.61. The van der Waals surface area contributed by atoms with E-state index in [2.05, 4.69) is 25.6 Å². The normalized spacial score (nSPS) is 15.3. The highest BCUT2D eigenvalue weighted by Crippen LogP contribution is 2.16. The Morgan fingerprint density at radius 3 is 2.64 bits per heavy atom. The van der Waals surface area contributed by atoms with Crippen LogP contribution in [-0.4, -0.2) is 46.0 Å². The van der Waals surface area contributed by atoms with Crippen LogP contribution in [0.15, 0.2) is 4.63 Å². The second-order valence-corrected chi connectivity index (χ2v) is 5.13. The van der Waals surface area contributed by atoms with E-state index < -0.39 is 0 Å². The number of aromatic nitrogens is 2. The van der Waals surface area contributed by atoms with Gasteiger partial charge in [-0.25, -0.2) is 4.63 Å². The molecule has 0 spiro atoms. The number of nitrogens with zero attached hydrogens (tertiary/aromatic N) is 3. The number of anilines is 2. The third kappa shape index (κ3) is 4.54. The summed E-state index contributed by atoms with van der Waals surface area (Å²) in [7, 11) is 0. The van der Waals surface area contributed by atoms with Gasteiger partial charge in [0, 0.05) is 32.9 Å². The number of nitrogens with one attached hydrogen (secondary N) is 2. The molecule has 0 atom stereocenters. The van der Waals surface area contributed by atoms with Gasteiger partial charge in [0.1, 0.15) is 0 Å². The fraction of sp³-hybridized carbons (Fsp3) is 0.615. The molecule has 1 aliphatic rings. The lowest BCUT2D eigenvalue weighted by atomic mass is 10.2. The van der Waals surface area contributed by atoms with Crippen LogP contribution >= 0.6 is 0 Å². The van der Waals surface area contributed by atoms with Crippen LogP contribution in [0.2, 0.25) is 0 Å². The predicted octanol–water partition coefficient (Wildman–Crippen LogP) is 0.759. The summed E-state index contributed by atoms with van der Waals surface area (Å²) >= 11 is 0. The van der Waals surface area contributed by atoms with Crippen LogP contribution in [0.25, 0.3) is 0 Å². The number of hydrogen-bond acceptors (Lipinski definition) is 6. The van der Waals surface area contributed by atoms with Crippen molar-refractivity contribution >= 4 is 29.4 Å². The minimum absolute atomic E-state index is 0.0578. The van der Waals surface area contributed by atoms with Crippen molar-refractivity contribution in [1.82, 2.24) is 15.2 Å². The van der Waals surface area contributed by atoms with Crippen molar-refractivity contribution in [2.75, 3.05) is 23.7 Å². The zero-order chi connectivity index (χ0) is 15.9. The van der Waals surface area contributed by atoms with Gasteiger partial charge in [-0.1, -0.05) is 6.42 Å². The molecule has 2 N–H and O–H groups in total. The van der Waals surface area contributed by atoms with Gasteiger partial charge in [0.15, 0.2) is 0 Å². The van der Waals surface area contributed by atoms with Gasteiger partial charge in [-0.3, -0.25) is 14.4 Å². The van der Waals surface area contributed by atoms with Crippen molar-refractivity contribution in [3.8, 4) is 0 Å². The number of likely N-dealkylation sites (tertiary alicyclic amines) is 1. The Labute approximate surface area is 127 Å². The van der Waals surface area contributed by atoms with Crippen molar-refractivity contribution in [3.63, 3.8) is 0 Å². The molecule has 1 saturated heterocycles. The van der Waals surface area contributed by atoms with Crippen LogP contribution in [0.1, 0.15) is 39.0 Å². The summed E-state index contributed by atoms with van der Waals surface area (Å²) < 4.78 is 4.48. The summed E-state index contributed by atoms with van der Waals surface area (Å²) in [5.74, 6) is -0.456. The molecule has 0 aliphatic carbocycles. The maximum absolute atomic E-state index is 11.9. The molecule has 1 aromatic heterocycles. The quantitative estimate of drug-likeness (QED) is 0.829. The lowest BCUT2D eigenvalue weighted by Crippen LogP contribution is -2.33. The molecule has 9 nitrogen and oxygen atoms in total. The molecule has 3 amide bonds. The summed E-state index contributed by atoms with van der Waals surface area (Å²) in [4.78, 5) is 36.4. The smallest absolute Gasteiger partial charge is 0.227 e. The maximum atomic E-state index is 11.9. The molecule has 2 rings (SSSR count). The fourth-order valence-corrected chi connectivity index (χ4v) is 2.23. The van der Waals surface area contributed by atoms with E-state index in [-0.39, 0.29) is 35.8 Å². The first-order chi connectivity index (χ1) is 10.6. The van der Waals surface area contributed by atoms with E-state index in [0.29, 0.717) is 19.5 Å². The Hall–Kier alpha value is -2.45. The standard InChI is InChI=1S/C13H19N5O4/c1-9(19)14-12-13(17-22-16-12)15-10(20)6-8-18-7-4-2-3-5-11(18)21/h2-8H2,1H3,(H,14,16,19)(H,15,17,20). The number of hydrogen-bond donors (Lipinski definition) is 2. The van der Waals surface area contributed by atoms with Crippen molar-refractivity contribution in [3.05, 3.63) is 0 Å². The highest BCUT2D eigenvalue weighted by molar-refractivity contribution is 5.96. The van der Waals surface area contributed by atoms with Gasteiger partial charge in [-0.05, 0) is 23.2 Å². The third-order valence-corrected chi connectivity index (χ3v) is 3.32. The number of rotatable bonds is 5. The van der Waals surface area contributed by atoms with Crippen molar-refractivity contribution in [2.45, 2.75) is 39.0 Å². The van der Waals surface area contributed by atoms with E-state index in [1.54, 1.807) is 4.90 Å². The van der Waals surface area contributed by atoms with Gasteiger partial charge < -0.3 is 15.5 Å². The van der Waals surface area contributed by atoms with E-state index in [1.165, 1.54) is 6.92 Å². The van der Waals surface area contributed by atoms with Crippen LogP contribution in [-0.2, 0) is 14.4 Å². The van der Waals surface area contributed by atoms with Crippen molar-refractivity contribution < 1.29 is 19.0 Å². The van der Waals surface area contributed by atoms with E-state index in [4.69, 9.17) is 0 Å². The van der Waals surface area contributed by atoms with Gasteiger partial charge in [-0.15, -0.1) is 0 Å². The SMILES string of the molecule is CC(=O)Nc1nonc1NC(=O)CCN1CCCCCC1=O. The first-order valence-electron chi connectivity index (χ1n) is 7.24. The van der Waals surface area contributed by atoms with E-state index in [0.717, 1.165) is 19.3 Å². The Bertz CT molecular complexity index is 556. The molecule has 0 aromatic carbocycles. The first-order valence-corrected chi connectivity index (χ1v) is 7.24. The van der Waals surface area contributed by atoms with Crippen LogP contribution in [0.4, 0.5) is 11.6 Å². The summed E-state index contributed by atoms with van der Waals surface area (Å²) in [6, 6.07) is 0. The van der Waals surface area contributed by atoms with E-state index in [9.17, 15) is 14.4 Å². The Morgan fingerprint density at radius 2 is 1.91 bits per heavy atom. The van der Waals surface area contributed by atoms with Crippen molar-refractivity contribution in [2.24, 2.45) is 0 Å². The monoisotopic (exact) mass is 309 g/mol. The average molecular weight is 309 g/mol. The first kappa shape index (κ1) is 15.9. The van der Waals surface area contributed by atoms with Crippen molar-refractivity contribution in [1.29, 1.82) is 0 Å². The largest absolute Gasteiger partial charge is 0.342 e. The molecule has 120 valence electrons. The lowest BCUT2D eigenvalue weighted by molar-refractivity contribution is -0.131. The molecule has 0 saturated carbocycles. The van der Waals surface area contributed by atoms with Crippen LogP contribution < -0.4 is 10.6 Å². The van der Waals surface area contributed by atoms with E-state index >= 15 is 0 Å². The highest BCUT2D eigenvalue weighted by atomic mass is 16.6. The molecule has 1 aromatic rings. The van der Waals surface area contributed by atoms with Gasteiger partial charge >= 0.3 is 0 Å². The van der Waals surface area contributed by atoms with Gasteiger partial charge in [0.2, 0.25) is 29.4 Å². The third-order valence-electron chi connectivity index (χ3n) is 3.32. The molecule has 2 heterocycles. The zero-order valence-electron chi connectivity index (χ0n) is 12.4. The number of amides is 3.